The smallest absolute Gasteiger partial charge is 0.380 e. The summed E-state index contributed by atoms with van der Waals surface area (Å²) in [4.78, 5) is 6.84. The number of anilines is 2. The van der Waals surface area contributed by atoms with Gasteiger partial charge in [0, 0.05) is 29.5 Å². The molecule has 0 aliphatic carbocycles. The predicted molar refractivity (Wildman–Crippen MR) is 116 cm³/mol. The van der Waals surface area contributed by atoms with E-state index in [1.165, 1.54) is 12.1 Å². The van der Waals surface area contributed by atoms with Crippen LogP contribution in [0.4, 0.5) is 29.1 Å². The molecule has 6 nitrogen and oxygen atoms in total. The van der Waals surface area contributed by atoms with Gasteiger partial charge in [0.15, 0.2) is 5.82 Å². The Hall–Kier alpha value is -3.01. The van der Waals surface area contributed by atoms with E-state index in [1.807, 2.05) is 6.07 Å². The molecule has 2 aliphatic rings. The Morgan fingerprint density at radius 1 is 1.21 bits per heavy atom. The van der Waals surface area contributed by atoms with Gasteiger partial charge in [-0.15, -0.1) is 5.10 Å². The largest absolute Gasteiger partial charge is 0.419 e. The van der Waals surface area contributed by atoms with Crippen molar-refractivity contribution in [3.05, 3.63) is 53.1 Å². The van der Waals surface area contributed by atoms with Gasteiger partial charge in [0.2, 0.25) is 0 Å². The Balaban J connectivity index is 1.48. The highest BCUT2D eigenvalue weighted by Crippen LogP contribution is 2.40. The molecule has 1 spiro atoms. The minimum Gasteiger partial charge on any atom is -0.380 e. The summed E-state index contributed by atoms with van der Waals surface area (Å²) in [6.45, 7) is 6.68. The third-order valence-corrected chi connectivity index (χ3v) is 6.54. The summed E-state index contributed by atoms with van der Waals surface area (Å²) < 4.78 is 59.5. The number of aryl methyl sites for hydroxylation is 1. The monoisotopic (exact) mass is 461 g/mol. The van der Waals surface area contributed by atoms with Crippen molar-refractivity contribution in [3.63, 3.8) is 0 Å². The number of aromatic nitrogens is 3. The van der Waals surface area contributed by atoms with Crippen molar-refractivity contribution in [1.82, 2.24) is 15.2 Å². The molecule has 1 N–H and O–H groups in total. The first-order valence-corrected chi connectivity index (χ1v) is 10.7. The van der Waals surface area contributed by atoms with Crippen LogP contribution >= 0.6 is 0 Å². The van der Waals surface area contributed by atoms with Gasteiger partial charge in [-0.3, -0.25) is 4.98 Å². The molecule has 0 bridgehead atoms. The number of pyridine rings is 1. The van der Waals surface area contributed by atoms with Gasteiger partial charge in [0.25, 0.3) is 0 Å². The van der Waals surface area contributed by atoms with Gasteiger partial charge in [0.05, 0.1) is 47.9 Å². The number of halogens is 4. The zero-order chi connectivity index (χ0) is 23.4. The summed E-state index contributed by atoms with van der Waals surface area (Å²) >= 11 is 0. The molecule has 5 rings (SSSR count). The average Bonchev–Trinajstić information content (AvgIpc) is 3.21. The molecule has 0 amide bonds. The van der Waals surface area contributed by atoms with Crippen LogP contribution in [0.3, 0.4) is 0 Å². The van der Waals surface area contributed by atoms with Gasteiger partial charge in [-0.1, -0.05) is 12.1 Å². The minimum atomic E-state index is -4.77. The maximum atomic E-state index is 14.7. The number of nitrogens with zero attached hydrogens (tertiary/aromatic N) is 4. The highest BCUT2D eigenvalue weighted by molar-refractivity contribution is 5.92. The molecule has 1 aromatic carbocycles. The molecule has 2 fully saturated rings. The lowest BCUT2D eigenvalue weighted by Crippen LogP contribution is -2.44. The van der Waals surface area contributed by atoms with Crippen molar-refractivity contribution in [3.8, 4) is 0 Å². The summed E-state index contributed by atoms with van der Waals surface area (Å²) in [5.41, 5.74) is 1.01. The number of ether oxygens (including phenoxy) is 1. The number of nitrogens with one attached hydrogen (secondary N) is 1. The van der Waals surface area contributed by atoms with E-state index in [4.69, 9.17) is 4.74 Å². The van der Waals surface area contributed by atoms with E-state index in [1.54, 1.807) is 20.0 Å². The zero-order valence-corrected chi connectivity index (χ0v) is 18.2. The van der Waals surface area contributed by atoms with Gasteiger partial charge in [-0.2, -0.15) is 18.3 Å². The Kier molecular flexibility index (Phi) is 5.15. The van der Waals surface area contributed by atoms with E-state index < -0.39 is 23.6 Å². The number of rotatable bonds is 4. The number of hydrogen-bond acceptors (Lipinski definition) is 6. The van der Waals surface area contributed by atoms with Crippen molar-refractivity contribution < 1.29 is 22.3 Å². The van der Waals surface area contributed by atoms with Gasteiger partial charge in [-0.05, 0) is 32.4 Å². The molecule has 2 aliphatic heterocycles. The zero-order valence-electron chi connectivity index (χ0n) is 18.2. The highest BCUT2D eigenvalue weighted by atomic mass is 19.4. The van der Waals surface area contributed by atoms with Gasteiger partial charge in [-0.25, -0.2) is 4.39 Å². The normalized spacial score (nSPS) is 18.5. The molecule has 2 saturated heterocycles. The average molecular weight is 461 g/mol. The van der Waals surface area contributed by atoms with Crippen molar-refractivity contribution in [1.29, 1.82) is 0 Å². The second kappa shape index (κ2) is 7.79. The van der Waals surface area contributed by atoms with Crippen LogP contribution in [0.1, 0.15) is 36.2 Å². The predicted octanol–water partition coefficient (Wildman–Crippen LogP) is 4.89. The van der Waals surface area contributed by atoms with Crippen LogP contribution < -0.4 is 10.2 Å². The van der Waals surface area contributed by atoms with E-state index in [9.17, 15) is 17.6 Å². The summed E-state index contributed by atoms with van der Waals surface area (Å²) in [5.74, 6) is -0.951. The van der Waals surface area contributed by atoms with Crippen molar-refractivity contribution in [2.24, 2.45) is 5.41 Å². The second-order valence-electron chi connectivity index (χ2n) is 8.96. The lowest BCUT2D eigenvalue weighted by Gasteiger charge is -2.37. The second-order valence-corrected chi connectivity index (χ2v) is 8.96. The summed E-state index contributed by atoms with van der Waals surface area (Å²) in [6, 6.07) is 4.45. The molecule has 3 aromatic rings. The van der Waals surface area contributed by atoms with E-state index in [0.29, 0.717) is 22.4 Å². The Morgan fingerprint density at radius 2 is 2.00 bits per heavy atom. The molecule has 0 unspecified atom stereocenters. The molecule has 33 heavy (non-hydrogen) atoms. The number of hydrogen-bond donors (Lipinski definition) is 1. The first kappa shape index (κ1) is 21.8. The summed E-state index contributed by atoms with van der Waals surface area (Å²) in [5, 5.41) is 12.1. The standard InChI is InChI=1S/C23H23F4N5O/c1-13(16-4-3-5-18(19(16)24)23(25,26)27)29-21-17-8-15(9-28-20(17)14(2)30-31-21)32-7-6-22(10-32)11-33-12-22/h3-5,8-9,13H,6-7,10-12H2,1-2H3,(H,29,31)/t13-/m1/s1. The van der Waals surface area contributed by atoms with Crippen molar-refractivity contribution in [2.45, 2.75) is 32.5 Å². The van der Waals surface area contributed by atoms with Crippen LogP contribution in [0.2, 0.25) is 0 Å². The molecule has 1 atom stereocenters. The third-order valence-electron chi connectivity index (χ3n) is 6.54. The molecule has 0 saturated carbocycles. The SMILES string of the molecule is Cc1nnc(N[C@H](C)c2cccc(C(F)(F)F)c2F)c2cc(N3CCC4(COC4)C3)cnc12. The van der Waals surface area contributed by atoms with Gasteiger partial charge < -0.3 is 15.0 Å². The Labute approximate surface area is 188 Å². The third kappa shape index (κ3) is 3.86. The molecular formula is C23H23F4N5O. The molecule has 10 heteroatoms. The Morgan fingerprint density at radius 3 is 2.67 bits per heavy atom. The van der Waals surface area contributed by atoms with Crippen LogP contribution in [-0.2, 0) is 10.9 Å². The van der Waals surface area contributed by atoms with Crippen molar-refractivity contribution >= 4 is 22.4 Å². The minimum absolute atomic E-state index is 0.101. The lowest BCUT2D eigenvalue weighted by molar-refractivity contribution is -0.140. The van der Waals surface area contributed by atoms with Crippen LogP contribution in [0.25, 0.3) is 10.9 Å². The summed E-state index contributed by atoms with van der Waals surface area (Å²) in [6.07, 6.45) is -1.92. The van der Waals surface area contributed by atoms with Crippen LogP contribution in [0, 0.1) is 18.2 Å². The fourth-order valence-electron chi connectivity index (χ4n) is 4.60. The maximum Gasteiger partial charge on any atom is 0.419 e. The van der Waals surface area contributed by atoms with E-state index in [-0.39, 0.29) is 11.0 Å². The lowest BCUT2D eigenvalue weighted by atomic mass is 9.85. The van der Waals surface area contributed by atoms with E-state index >= 15 is 0 Å². The highest BCUT2D eigenvalue weighted by Gasteiger charge is 2.44. The van der Waals surface area contributed by atoms with Gasteiger partial charge >= 0.3 is 6.18 Å². The summed E-state index contributed by atoms with van der Waals surface area (Å²) in [7, 11) is 0. The number of fused-ring (bicyclic) bond motifs is 1. The number of benzene rings is 1. The molecule has 4 heterocycles. The molecule has 174 valence electrons. The van der Waals surface area contributed by atoms with Crippen LogP contribution in [0.5, 0.6) is 0 Å². The Bertz CT molecular complexity index is 1210. The fraction of sp³-hybridized carbons (Fsp3) is 0.435. The van der Waals surface area contributed by atoms with E-state index in [2.05, 4.69) is 25.4 Å². The van der Waals surface area contributed by atoms with Gasteiger partial charge in [0.1, 0.15) is 5.82 Å². The van der Waals surface area contributed by atoms with E-state index in [0.717, 1.165) is 44.5 Å². The molecule has 0 radical (unpaired) electrons. The topological polar surface area (TPSA) is 63.2 Å². The van der Waals surface area contributed by atoms with Crippen molar-refractivity contribution in [2.75, 3.05) is 36.5 Å². The van der Waals surface area contributed by atoms with Crippen LogP contribution in [-0.4, -0.2) is 41.5 Å². The van der Waals surface area contributed by atoms with Crippen LogP contribution in [0.15, 0.2) is 30.5 Å². The fourth-order valence-corrected chi connectivity index (χ4v) is 4.60. The maximum absolute atomic E-state index is 14.7. The molecular weight excluding hydrogens is 438 g/mol. The molecule has 2 aromatic heterocycles. The first-order valence-electron chi connectivity index (χ1n) is 10.7. The number of alkyl halides is 3. The quantitative estimate of drug-likeness (QED) is 0.559. The first-order chi connectivity index (χ1) is 15.7.